The Morgan fingerprint density at radius 2 is 1.93 bits per heavy atom. The molecule has 0 radical (unpaired) electrons. The van der Waals surface area contributed by atoms with Crippen LogP contribution in [0.25, 0.3) is 10.9 Å². The van der Waals surface area contributed by atoms with E-state index in [1.54, 1.807) is 0 Å². The van der Waals surface area contributed by atoms with Gasteiger partial charge in [-0.25, -0.2) is 0 Å². The molecule has 2 aromatic rings. The lowest BCUT2D eigenvalue weighted by Gasteiger charge is -2.06. The average molecular weight is 185 g/mol. The first kappa shape index (κ1) is 9.20. The van der Waals surface area contributed by atoms with Gasteiger partial charge in [-0.3, -0.25) is 4.98 Å². The zero-order valence-electron chi connectivity index (χ0n) is 8.96. The highest BCUT2D eigenvalue weighted by Crippen LogP contribution is 2.19. The Bertz CT molecular complexity index is 472. The van der Waals surface area contributed by atoms with Crippen LogP contribution in [0, 0.1) is 13.8 Å². The number of aromatic nitrogens is 1. The molecule has 0 N–H and O–H groups in total. The third kappa shape index (κ3) is 1.39. The van der Waals surface area contributed by atoms with Crippen LogP contribution in [-0.4, -0.2) is 4.98 Å². The lowest BCUT2D eigenvalue weighted by molar-refractivity contribution is 1.03. The van der Waals surface area contributed by atoms with E-state index in [4.69, 9.17) is 4.98 Å². The normalized spacial score (nSPS) is 10.8. The molecule has 72 valence electrons. The van der Waals surface area contributed by atoms with Crippen LogP contribution < -0.4 is 0 Å². The Hall–Kier alpha value is -1.37. The van der Waals surface area contributed by atoms with Crippen molar-refractivity contribution in [2.75, 3.05) is 0 Å². The smallest absolute Gasteiger partial charge is 0.0734 e. The highest BCUT2D eigenvalue weighted by Gasteiger charge is 2.02. The summed E-state index contributed by atoms with van der Waals surface area (Å²) in [6, 6.07) is 8.56. The van der Waals surface area contributed by atoms with E-state index in [2.05, 4.69) is 45.0 Å². The zero-order valence-corrected chi connectivity index (χ0v) is 8.96. The SMILES string of the molecule is CCc1nc2c(C)cccc2cc1C. The van der Waals surface area contributed by atoms with E-state index in [-0.39, 0.29) is 0 Å². The number of fused-ring (bicyclic) bond motifs is 1. The molecule has 1 aromatic heterocycles. The Kier molecular flexibility index (Phi) is 2.24. The van der Waals surface area contributed by atoms with Crippen LogP contribution in [-0.2, 0) is 6.42 Å². The molecule has 0 saturated carbocycles. The van der Waals surface area contributed by atoms with Crippen molar-refractivity contribution in [3.8, 4) is 0 Å². The summed E-state index contributed by atoms with van der Waals surface area (Å²) >= 11 is 0. The van der Waals surface area contributed by atoms with Crippen molar-refractivity contribution in [3.05, 3.63) is 41.1 Å². The van der Waals surface area contributed by atoms with E-state index in [0.29, 0.717) is 0 Å². The molecule has 0 bridgehead atoms. The maximum absolute atomic E-state index is 4.69. The summed E-state index contributed by atoms with van der Waals surface area (Å²) in [5, 5.41) is 1.25. The summed E-state index contributed by atoms with van der Waals surface area (Å²) in [4.78, 5) is 4.69. The third-order valence-corrected chi connectivity index (χ3v) is 2.68. The van der Waals surface area contributed by atoms with Gasteiger partial charge in [-0.05, 0) is 37.5 Å². The lowest BCUT2D eigenvalue weighted by Crippen LogP contribution is -1.94. The van der Waals surface area contributed by atoms with E-state index < -0.39 is 0 Å². The maximum atomic E-state index is 4.69. The molecule has 0 fully saturated rings. The van der Waals surface area contributed by atoms with Gasteiger partial charge < -0.3 is 0 Å². The number of pyridine rings is 1. The van der Waals surface area contributed by atoms with Crippen LogP contribution >= 0.6 is 0 Å². The number of para-hydroxylation sites is 1. The van der Waals surface area contributed by atoms with Crippen molar-refractivity contribution < 1.29 is 0 Å². The Morgan fingerprint density at radius 3 is 2.64 bits per heavy atom. The van der Waals surface area contributed by atoms with E-state index in [9.17, 15) is 0 Å². The number of rotatable bonds is 1. The first-order valence-corrected chi connectivity index (χ1v) is 5.08. The van der Waals surface area contributed by atoms with Crippen molar-refractivity contribution in [1.82, 2.24) is 4.98 Å². The number of hydrogen-bond acceptors (Lipinski definition) is 1. The summed E-state index contributed by atoms with van der Waals surface area (Å²) < 4.78 is 0. The fourth-order valence-electron chi connectivity index (χ4n) is 1.85. The molecular formula is C13H15N. The molecular weight excluding hydrogens is 170 g/mol. The van der Waals surface area contributed by atoms with Crippen molar-refractivity contribution in [2.45, 2.75) is 27.2 Å². The molecule has 14 heavy (non-hydrogen) atoms. The summed E-state index contributed by atoms with van der Waals surface area (Å²) in [7, 11) is 0. The largest absolute Gasteiger partial charge is 0.252 e. The number of benzene rings is 1. The average Bonchev–Trinajstić information content (AvgIpc) is 2.17. The zero-order chi connectivity index (χ0) is 10.1. The second kappa shape index (κ2) is 3.41. The van der Waals surface area contributed by atoms with Crippen molar-refractivity contribution >= 4 is 10.9 Å². The highest BCUT2D eigenvalue weighted by atomic mass is 14.7. The molecule has 0 aliphatic heterocycles. The minimum absolute atomic E-state index is 1.01. The number of hydrogen-bond donors (Lipinski definition) is 0. The molecule has 0 saturated heterocycles. The fraction of sp³-hybridized carbons (Fsp3) is 0.308. The van der Waals surface area contributed by atoms with E-state index in [1.165, 1.54) is 22.2 Å². The van der Waals surface area contributed by atoms with Gasteiger partial charge in [0.2, 0.25) is 0 Å². The lowest BCUT2D eigenvalue weighted by atomic mass is 10.1. The molecule has 2 rings (SSSR count). The van der Waals surface area contributed by atoms with E-state index in [0.717, 1.165) is 11.9 Å². The van der Waals surface area contributed by atoms with Crippen molar-refractivity contribution in [2.24, 2.45) is 0 Å². The first-order valence-electron chi connectivity index (χ1n) is 5.08. The molecule has 0 amide bonds. The Balaban J connectivity index is 2.80. The van der Waals surface area contributed by atoms with Crippen LogP contribution in [0.4, 0.5) is 0 Å². The van der Waals surface area contributed by atoms with Gasteiger partial charge in [0.1, 0.15) is 0 Å². The van der Waals surface area contributed by atoms with Gasteiger partial charge in [-0.1, -0.05) is 25.1 Å². The highest BCUT2D eigenvalue weighted by molar-refractivity contribution is 5.82. The van der Waals surface area contributed by atoms with E-state index in [1.807, 2.05) is 0 Å². The third-order valence-electron chi connectivity index (χ3n) is 2.68. The molecule has 0 spiro atoms. The molecule has 1 heterocycles. The second-order valence-corrected chi connectivity index (χ2v) is 3.75. The van der Waals surface area contributed by atoms with Gasteiger partial charge in [-0.15, -0.1) is 0 Å². The van der Waals surface area contributed by atoms with Gasteiger partial charge in [0.15, 0.2) is 0 Å². The predicted octanol–water partition coefficient (Wildman–Crippen LogP) is 3.41. The molecule has 1 aromatic carbocycles. The second-order valence-electron chi connectivity index (χ2n) is 3.75. The van der Waals surface area contributed by atoms with Gasteiger partial charge in [0, 0.05) is 11.1 Å². The van der Waals surface area contributed by atoms with E-state index >= 15 is 0 Å². The van der Waals surface area contributed by atoms with Crippen molar-refractivity contribution in [1.29, 1.82) is 0 Å². The number of aryl methyl sites for hydroxylation is 3. The van der Waals surface area contributed by atoms with Crippen LogP contribution in [0.5, 0.6) is 0 Å². The molecule has 0 unspecified atom stereocenters. The van der Waals surface area contributed by atoms with Gasteiger partial charge >= 0.3 is 0 Å². The van der Waals surface area contributed by atoms with Crippen molar-refractivity contribution in [3.63, 3.8) is 0 Å². The molecule has 1 nitrogen and oxygen atoms in total. The monoisotopic (exact) mass is 185 g/mol. The Labute approximate surface area is 84.8 Å². The quantitative estimate of drug-likeness (QED) is 0.663. The van der Waals surface area contributed by atoms with Gasteiger partial charge in [0.25, 0.3) is 0 Å². The summed E-state index contributed by atoms with van der Waals surface area (Å²) in [5.74, 6) is 0. The van der Waals surface area contributed by atoms with Crippen LogP contribution in [0.1, 0.15) is 23.7 Å². The van der Waals surface area contributed by atoms with Crippen LogP contribution in [0.3, 0.4) is 0 Å². The molecule has 1 heteroatoms. The predicted molar refractivity (Wildman–Crippen MR) is 60.6 cm³/mol. The molecule has 0 atom stereocenters. The van der Waals surface area contributed by atoms with Crippen LogP contribution in [0.2, 0.25) is 0 Å². The van der Waals surface area contributed by atoms with Gasteiger partial charge in [-0.2, -0.15) is 0 Å². The number of nitrogens with zero attached hydrogens (tertiary/aromatic N) is 1. The molecule has 0 aliphatic carbocycles. The van der Waals surface area contributed by atoms with Crippen LogP contribution in [0.15, 0.2) is 24.3 Å². The maximum Gasteiger partial charge on any atom is 0.0734 e. The summed E-state index contributed by atoms with van der Waals surface area (Å²) in [5.41, 5.74) is 4.92. The summed E-state index contributed by atoms with van der Waals surface area (Å²) in [6.45, 7) is 6.40. The summed E-state index contributed by atoms with van der Waals surface area (Å²) in [6.07, 6.45) is 1.01. The Morgan fingerprint density at radius 1 is 1.14 bits per heavy atom. The topological polar surface area (TPSA) is 12.9 Å². The minimum atomic E-state index is 1.01. The minimum Gasteiger partial charge on any atom is -0.252 e. The van der Waals surface area contributed by atoms with Gasteiger partial charge in [0.05, 0.1) is 5.52 Å². The fourth-order valence-corrected chi connectivity index (χ4v) is 1.85. The standard InChI is InChI=1S/C13H15N/c1-4-12-10(3)8-11-7-5-6-9(2)13(11)14-12/h5-8H,4H2,1-3H3. The first-order chi connectivity index (χ1) is 6.72. The molecule has 0 aliphatic rings.